The molecule has 1 aliphatic carbocycles. The zero-order valence-electron chi connectivity index (χ0n) is 18.2. The number of nitrogens with two attached hydrogens (primary N) is 1. The van der Waals surface area contributed by atoms with E-state index in [2.05, 4.69) is 10.4 Å². The minimum Gasteiger partial charge on any atom is -0.354 e. The molecule has 1 aliphatic rings. The number of anilines is 1. The van der Waals surface area contributed by atoms with Gasteiger partial charge < -0.3 is 11.1 Å². The maximum atomic E-state index is 12.8. The van der Waals surface area contributed by atoms with E-state index in [9.17, 15) is 13.2 Å². The fourth-order valence-corrected chi connectivity index (χ4v) is 4.89. The van der Waals surface area contributed by atoms with Crippen LogP contribution in [0.2, 0.25) is 0 Å². The van der Waals surface area contributed by atoms with Crippen LogP contribution < -0.4 is 20.8 Å². The van der Waals surface area contributed by atoms with Gasteiger partial charge in [-0.1, -0.05) is 17.6 Å². The van der Waals surface area contributed by atoms with Gasteiger partial charge in [-0.05, 0) is 61.6 Å². The quantitative estimate of drug-likeness (QED) is 0.500. The molecular weight excluding hydrogens is 425 g/mol. The predicted molar refractivity (Wildman–Crippen MR) is 128 cm³/mol. The summed E-state index contributed by atoms with van der Waals surface area (Å²) in [5.74, 6) is -0.0177. The van der Waals surface area contributed by atoms with Crippen molar-refractivity contribution in [3.05, 3.63) is 47.7 Å². The first kappa shape index (κ1) is 22.4. The van der Waals surface area contributed by atoms with Crippen LogP contribution in [0.5, 0.6) is 0 Å². The van der Waals surface area contributed by atoms with Gasteiger partial charge in [0, 0.05) is 19.0 Å². The van der Waals surface area contributed by atoms with Crippen LogP contribution in [0.3, 0.4) is 0 Å². The smallest absolute Gasteiger partial charge is 0.270 e. The lowest BCUT2D eigenvalue weighted by Crippen LogP contribution is -2.32. The molecule has 0 saturated heterocycles. The van der Waals surface area contributed by atoms with E-state index in [1.165, 1.54) is 10.6 Å². The summed E-state index contributed by atoms with van der Waals surface area (Å²) in [4.78, 5) is 12.8. The molecule has 1 fully saturated rings. The van der Waals surface area contributed by atoms with E-state index in [1.807, 2.05) is 6.07 Å². The third-order valence-corrected chi connectivity index (χ3v) is 6.83. The number of nitrogens with zero attached hydrogens (tertiary/aromatic N) is 3. The maximum Gasteiger partial charge on any atom is 0.270 e. The van der Waals surface area contributed by atoms with E-state index in [4.69, 9.17) is 13.6 Å². The fraction of sp³-hybridized carbons (Fsp3) is 0.364. The van der Waals surface area contributed by atoms with Gasteiger partial charge in [0.1, 0.15) is 13.5 Å². The lowest BCUT2D eigenvalue weighted by atomic mass is 9.96. The molecule has 10 heteroatoms. The highest BCUT2D eigenvalue weighted by molar-refractivity contribution is 7.92. The van der Waals surface area contributed by atoms with Gasteiger partial charge in [-0.3, -0.25) is 9.10 Å². The highest BCUT2D eigenvalue weighted by Crippen LogP contribution is 2.46. The second kappa shape index (κ2) is 8.59. The van der Waals surface area contributed by atoms with E-state index in [-0.39, 0.29) is 11.8 Å². The summed E-state index contributed by atoms with van der Waals surface area (Å²) in [5.41, 5.74) is 9.42. The summed E-state index contributed by atoms with van der Waals surface area (Å²) in [6, 6.07) is 10.8. The highest BCUT2D eigenvalue weighted by atomic mass is 32.2. The Labute approximate surface area is 189 Å². The van der Waals surface area contributed by atoms with Gasteiger partial charge in [-0.2, -0.15) is 5.10 Å². The zero-order valence-corrected chi connectivity index (χ0v) is 19.0. The fourth-order valence-electron chi connectivity index (χ4n) is 3.91. The van der Waals surface area contributed by atoms with Crippen LogP contribution in [0, 0.1) is 0 Å². The Kier molecular flexibility index (Phi) is 6.00. The van der Waals surface area contributed by atoms with Crippen molar-refractivity contribution in [3.63, 3.8) is 0 Å². The van der Waals surface area contributed by atoms with Crippen molar-refractivity contribution >= 4 is 45.8 Å². The first-order valence-corrected chi connectivity index (χ1v) is 12.4. The number of hydrogen-bond acceptors (Lipinski definition) is 5. The standard InChI is InChI=1S/C22H26BN5O3S/c1-25-22(29)21-18-12-17(14-4-5-14)20(27(11-3-10-24)32(2,30)31)13-19(18)26-28(21)16-8-6-15(23)7-9-16/h6-9,12-14H,3-5,10-11,24H2,1-2H3,(H,25,29). The first-order chi connectivity index (χ1) is 15.2. The van der Waals surface area contributed by atoms with Gasteiger partial charge in [0.25, 0.3) is 5.91 Å². The third-order valence-electron chi connectivity index (χ3n) is 5.65. The van der Waals surface area contributed by atoms with Crippen LogP contribution in [0.1, 0.15) is 41.2 Å². The summed E-state index contributed by atoms with van der Waals surface area (Å²) in [7, 11) is 3.87. The van der Waals surface area contributed by atoms with Gasteiger partial charge in [-0.25, -0.2) is 13.1 Å². The third kappa shape index (κ3) is 4.24. The Morgan fingerprint density at radius 1 is 1.28 bits per heavy atom. The van der Waals surface area contributed by atoms with Crippen LogP contribution in [0.15, 0.2) is 36.4 Å². The molecule has 32 heavy (non-hydrogen) atoms. The molecule has 3 aromatic rings. The molecule has 2 aromatic carbocycles. The van der Waals surface area contributed by atoms with E-state index in [1.54, 1.807) is 42.1 Å². The molecule has 0 unspecified atom stereocenters. The molecule has 1 saturated carbocycles. The maximum absolute atomic E-state index is 12.8. The topological polar surface area (TPSA) is 110 Å². The van der Waals surface area contributed by atoms with E-state index >= 15 is 0 Å². The van der Waals surface area contributed by atoms with Crippen molar-refractivity contribution in [2.75, 3.05) is 30.7 Å². The van der Waals surface area contributed by atoms with Crippen molar-refractivity contribution in [2.24, 2.45) is 5.73 Å². The minimum absolute atomic E-state index is 0.258. The first-order valence-electron chi connectivity index (χ1n) is 10.6. The van der Waals surface area contributed by atoms with Crippen LogP contribution in [0.25, 0.3) is 16.6 Å². The molecule has 1 aromatic heterocycles. The normalized spacial score (nSPS) is 14.0. The van der Waals surface area contributed by atoms with Gasteiger partial charge in [0.15, 0.2) is 0 Å². The van der Waals surface area contributed by atoms with Gasteiger partial charge in [0.2, 0.25) is 10.0 Å². The number of sulfonamides is 1. The molecule has 0 aliphatic heterocycles. The average molecular weight is 451 g/mol. The second-order valence-electron chi connectivity index (χ2n) is 8.11. The number of nitrogens with one attached hydrogen (secondary N) is 1. The number of carbonyl (C=O) groups excluding carboxylic acids is 1. The molecule has 4 rings (SSSR count). The Bertz CT molecular complexity index is 1270. The zero-order chi connectivity index (χ0) is 23.0. The molecule has 166 valence electrons. The average Bonchev–Trinajstić information content (AvgIpc) is 3.53. The summed E-state index contributed by atoms with van der Waals surface area (Å²) >= 11 is 0. The van der Waals surface area contributed by atoms with Crippen molar-refractivity contribution in [2.45, 2.75) is 25.2 Å². The Morgan fingerprint density at radius 2 is 1.97 bits per heavy atom. The number of hydrogen-bond donors (Lipinski definition) is 2. The largest absolute Gasteiger partial charge is 0.354 e. The molecule has 3 N–H and O–H groups in total. The van der Waals surface area contributed by atoms with Gasteiger partial charge >= 0.3 is 0 Å². The Morgan fingerprint density at radius 3 is 2.53 bits per heavy atom. The Hall–Kier alpha value is -2.85. The summed E-state index contributed by atoms with van der Waals surface area (Å²) in [6.07, 6.45) is 3.70. The molecule has 8 nitrogen and oxygen atoms in total. The number of carbonyl (C=O) groups is 1. The molecule has 1 amide bonds. The molecular formula is C22H26BN5O3S. The Balaban J connectivity index is 1.97. The van der Waals surface area contributed by atoms with Crippen LogP contribution >= 0.6 is 0 Å². The summed E-state index contributed by atoms with van der Waals surface area (Å²) in [5, 5.41) is 8.05. The number of aromatic nitrogens is 2. The van der Waals surface area contributed by atoms with Crippen LogP contribution in [-0.2, 0) is 10.0 Å². The van der Waals surface area contributed by atoms with E-state index in [0.717, 1.165) is 18.4 Å². The van der Waals surface area contributed by atoms with Crippen molar-refractivity contribution < 1.29 is 13.2 Å². The number of rotatable bonds is 8. The lowest BCUT2D eigenvalue weighted by molar-refractivity contribution is 0.0957. The van der Waals surface area contributed by atoms with Crippen LogP contribution in [0.4, 0.5) is 5.69 Å². The van der Waals surface area contributed by atoms with Crippen molar-refractivity contribution in [3.8, 4) is 5.69 Å². The second-order valence-corrected chi connectivity index (χ2v) is 10.0. The van der Waals surface area contributed by atoms with Gasteiger partial charge in [0.05, 0.1) is 23.1 Å². The predicted octanol–water partition coefficient (Wildman–Crippen LogP) is 1.17. The van der Waals surface area contributed by atoms with E-state index < -0.39 is 10.0 Å². The van der Waals surface area contributed by atoms with Gasteiger partial charge in [-0.15, -0.1) is 0 Å². The SMILES string of the molecule is [B]c1ccc(-n2nc3cc(N(CCCN)S(C)(=O)=O)c(C4CC4)cc3c2C(=O)NC)cc1. The number of benzene rings is 2. The van der Waals surface area contributed by atoms with Crippen molar-refractivity contribution in [1.82, 2.24) is 15.1 Å². The van der Waals surface area contributed by atoms with E-state index in [0.29, 0.717) is 52.9 Å². The van der Waals surface area contributed by atoms with Crippen molar-refractivity contribution in [1.29, 1.82) is 0 Å². The summed E-state index contributed by atoms with van der Waals surface area (Å²) < 4.78 is 28.3. The molecule has 0 bridgehead atoms. The minimum atomic E-state index is -3.52. The summed E-state index contributed by atoms with van der Waals surface area (Å²) in [6.45, 7) is 0.682. The monoisotopic (exact) mass is 451 g/mol. The highest BCUT2D eigenvalue weighted by Gasteiger charge is 2.32. The lowest BCUT2D eigenvalue weighted by Gasteiger charge is -2.25. The molecule has 2 radical (unpaired) electrons. The van der Waals surface area contributed by atoms with Crippen LogP contribution in [-0.4, -0.2) is 58.3 Å². The number of amides is 1. The molecule has 0 atom stereocenters. The number of fused-ring (bicyclic) bond motifs is 1. The molecule has 1 heterocycles. The molecule has 0 spiro atoms.